The first-order valence-corrected chi connectivity index (χ1v) is 8.10. The lowest BCUT2D eigenvalue weighted by atomic mass is 10.1. The van der Waals surface area contributed by atoms with Crippen molar-refractivity contribution in [1.29, 1.82) is 0 Å². The maximum atomic E-state index is 13.2. The highest BCUT2D eigenvalue weighted by Gasteiger charge is 2.38. The fourth-order valence-electron chi connectivity index (χ4n) is 2.99. The molecule has 0 aromatic carbocycles. The molecule has 8 nitrogen and oxygen atoms in total. The molecule has 0 bridgehead atoms. The van der Waals surface area contributed by atoms with Crippen LogP contribution < -0.4 is 16.1 Å². The fourth-order valence-corrected chi connectivity index (χ4v) is 2.99. The minimum atomic E-state index is -2.72. The van der Waals surface area contributed by atoms with Crippen molar-refractivity contribution in [1.82, 2.24) is 14.5 Å². The number of alkyl halides is 2. The number of anilines is 1. The Bertz CT molecular complexity index is 734. The topological polar surface area (TPSA) is 87.6 Å². The lowest BCUT2D eigenvalue weighted by molar-refractivity contribution is -0.150. The second-order valence-electron chi connectivity index (χ2n) is 6.34. The molecule has 2 aliphatic heterocycles. The van der Waals surface area contributed by atoms with Crippen molar-refractivity contribution < 1.29 is 18.3 Å². The van der Waals surface area contributed by atoms with Crippen LogP contribution >= 0.6 is 0 Å². The Labute approximate surface area is 142 Å². The van der Waals surface area contributed by atoms with Gasteiger partial charge in [-0.25, -0.2) is 13.6 Å². The van der Waals surface area contributed by atoms with Gasteiger partial charge in [-0.05, 0) is 0 Å². The highest BCUT2D eigenvalue weighted by Crippen LogP contribution is 2.28. The van der Waals surface area contributed by atoms with Crippen molar-refractivity contribution in [3.63, 3.8) is 0 Å². The molecule has 3 heterocycles. The summed E-state index contributed by atoms with van der Waals surface area (Å²) in [6.07, 6.45) is -1.51. The molecule has 0 saturated carbocycles. The second-order valence-corrected chi connectivity index (χ2v) is 6.34. The van der Waals surface area contributed by atoms with Gasteiger partial charge in [0.15, 0.2) is 6.10 Å². The van der Waals surface area contributed by atoms with E-state index in [1.165, 1.54) is 18.0 Å². The van der Waals surface area contributed by atoms with E-state index in [4.69, 9.17) is 4.74 Å². The summed E-state index contributed by atoms with van der Waals surface area (Å²) >= 11 is 0. The van der Waals surface area contributed by atoms with Gasteiger partial charge in [0, 0.05) is 45.6 Å². The molecule has 2 fully saturated rings. The third kappa shape index (κ3) is 3.73. The number of ether oxygens (including phenoxy) is 1. The smallest absolute Gasteiger partial charge is 0.329 e. The van der Waals surface area contributed by atoms with Gasteiger partial charge in [-0.1, -0.05) is 0 Å². The molecule has 0 radical (unpaired) electrons. The molecule has 2 saturated heterocycles. The number of amides is 1. The van der Waals surface area contributed by atoms with Gasteiger partial charge < -0.3 is 14.5 Å². The lowest BCUT2D eigenvalue weighted by Crippen LogP contribution is -2.54. The zero-order valence-corrected chi connectivity index (χ0v) is 13.8. The van der Waals surface area contributed by atoms with Crippen molar-refractivity contribution >= 4 is 11.7 Å². The summed E-state index contributed by atoms with van der Waals surface area (Å²) in [7, 11) is 1.36. The SMILES string of the molecule is Cn1c(=O)cc(N2CCOC(C(=O)N3CCC(F)(F)CC3)C2)[nH]c1=O. The molecular formula is C15H20F2N4O4. The molecule has 25 heavy (non-hydrogen) atoms. The van der Waals surface area contributed by atoms with Gasteiger partial charge in [-0.2, -0.15) is 0 Å². The van der Waals surface area contributed by atoms with Crippen LogP contribution in [0.15, 0.2) is 15.7 Å². The number of carbonyl (C=O) groups excluding carboxylic acids is 1. The van der Waals surface area contributed by atoms with Crippen LogP contribution in [-0.4, -0.2) is 65.2 Å². The van der Waals surface area contributed by atoms with Gasteiger partial charge in [0.25, 0.3) is 17.4 Å². The van der Waals surface area contributed by atoms with Crippen LogP contribution in [0.5, 0.6) is 0 Å². The number of halogens is 2. The van der Waals surface area contributed by atoms with Gasteiger partial charge >= 0.3 is 5.69 Å². The van der Waals surface area contributed by atoms with E-state index in [1.54, 1.807) is 4.90 Å². The van der Waals surface area contributed by atoms with Crippen molar-refractivity contribution in [2.45, 2.75) is 24.9 Å². The molecule has 1 N–H and O–H groups in total. The Hall–Kier alpha value is -2.23. The van der Waals surface area contributed by atoms with Crippen molar-refractivity contribution in [3.8, 4) is 0 Å². The van der Waals surface area contributed by atoms with Crippen LogP contribution in [0.3, 0.4) is 0 Å². The van der Waals surface area contributed by atoms with E-state index in [-0.39, 0.29) is 45.0 Å². The predicted octanol–water partition coefficient (Wildman–Crippen LogP) is -0.463. The fraction of sp³-hybridized carbons (Fsp3) is 0.667. The summed E-state index contributed by atoms with van der Waals surface area (Å²) in [5, 5.41) is 0. The van der Waals surface area contributed by atoms with E-state index in [0.29, 0.717) is 12.4 Å². The Morgan fingerprint density at radius 3 is 2.60 bits per heavy atom. The number of rotatable bonds is 2. The van der Waals surface area contributed by atoms with Crippen LogP contribution in [0.1, 0.15) is 12.8 Å². The molecular weight excluding hydrogens is 338 g/mol. The van der Waals surface area contributed by atoms with Crippen LogP contribution in [0.2, 0.25) is 0 Å². The number of hydrogen-bond acceptors (Lipinski definition) is 5. The average Bonchev–Trinajstić information content (AvgIpc) is 2.59. The number of H-pyrrole nitrogens is 1. The van der Waals surface area contributed by atoms with E-state index >= 15 is 0 Å². The van der Waals surface area contributed by atoms with Crippen LogP contribution in [-0.2, 0) is 16.6 Å². The number of morpholine rings is 1. The van der Waals surface area contributed by atoms with Gasteiger partial charge in [-0.15, -0.1) is 0 Å². The zero-order chi connectivity index (χ0) is 18.2. The Kier molecular flexibility index (Phi) is 4.63. The minimum absolute atomic E-state index is 0.00555. The van der Waals surface area contributed by atoms with Gasteiger partial charge in [0.2, 0.25) is 0 Å². The summed E-state index contributed by atoms with van der Waals surface area (Å²) in [5.41, 5.74) is -0.999. The van der Waals surface area contributed by atoms with E-state index in [9.17, 15) is 23.2 Å². The van der Waals surface area contributed by atoms with E-state index in [1.807, 2.05) is 0 Å². The molecule has 10 heteroatoms. The lowest BCUT2D eigenvalue weighted by Gasteiger charge is -2.38. The number of aromatic nitrogens is 2. The molecule has 0 aliphatic carbocycles. The molecule has 1 amide bonds. The molecule has 0 spiro atoms. The largest absolute Gasteiger partial charge is 0.365 e. The summed E-state index contributed by atoms with van der Waals surface area (Å²) in [4.78, 5) is 41.7. The third-order valence-corrected chi connectivity index (χ3v) is 4.62. The normalized spacial score (nSPS) is 23.6. The number of piperidine rings is 1. The number of hydrogen-bond donors (Lipinski definition) is 1. The number of nitrogens with one attached hydrogen (secondary N) is 1. The molecule has 138 valence electrons. The first-order valence-electron chi connectivity index (χ1n) is 8.10. The second kappa shape index (κ2) is 6.58. The van der Waals surface area contributed by atoms with Crippen molar-refractivity contribution in [3.05, 3.63) is 26.9 Å². The molecule has 3 rings (SSSR count). The molecule has 1 atom stereocenters. The Morgan fingerprint density at radius 2 is 1.96 bits per heavy atom. The van der Waals surface area contributed by atoms with E-state index < -0.39 is 23.3 Å². The van der Waals surface area contributed by atoms with Gasteiger partial charge in [0.05, 0.1) is 13.2 Å². The number of aromatic amines is 1. The maximum absolute atomic E-state index is 13.2. The van der Waals surface area contributed by atoms with Gasteiger partial charge in [0.1, 0.15) is 5.82 Å². The summed E-state index contributed by atoms with van der Waals surface area (Å²) < 4.78 is 32.9. The number of nitrogens with zero attached hydrogens (tertiary/aromatic N) is 3. The van der Waals surface area contributed by atoms with E-state index in [2.05, 4.69) is 4.98 Å². The number of likely N-dealkylation sites (tertiary alicyclic amines) is 1. The standard InChI is InChI=1S/C15H20F2N4O4/c1-19-12(22)8-11(18-14(19)24)21-6-7-25-10(9-21)13(23)20-4-2-15(16,17)3-5-20/h8,10H,2-7,9H2,1H3,(H,18,24). The van der Waals surface area contributed by atoms with Crippen LogP contribution in [0.4, 0.5) is 14.6 Å². The van der Waals surface area contributed by atoms with Crippen LogP contribution in [0, 0.1) is 0 Å². The summed E-state index contributed by atoms with van der Waals surface area (Å²) in [6, 6.07) is 1.29. The van der Waals surface area contributed by atoms with Gasteiger partial charge in [-0.3, -0.25) is 19.1 Å². The first kappa shape index (κ1) is 17.6. The van der Waals surface area contributed by atoms with Crippen molar-refractivity contribution in [2.24, 2.45) is 7.05 Å². The molecule has 1 aromatic rings. The highest BCUT2D eigenvalue weighted by atomic mass is 19.3. The maximum Gasteiger partial charge on any atom is 0.329 e. The monoisotopic (exact) mass is 358 g/mol. The number of carbonyl (C=O) groups is 1. The molecule has 1 unspecified atom stereocenters. The quantitative estimate of drug-likeness (QED) is 0.773. The summed E-state index contributed by atoms with van der Waals surface area (Å²) in [6.45, 7) is 0.778. The Balaban J connectivity index is 1.70. The van der Waals surface area contributed by atoms with Crippen molar-refractivity contribution in [2.75, 3.05) is 37.7 Å². The average molecular weight is 358 g/mol. The highest BCUT2D eigenvalue weighted by molar-refractivity contribution is 5.82. The predicted molar refractivity (Wildman–Crippen MR) is 85.0 cm³/mol. The Morgan fingerprint density at radius 1 is 1.28 bits per heavy atom. The summed E-state index contributed by atoms with van der Waals surface area (Å²) in [5.74, 6) is -2.74. The molecule has 1 aromatic heterocycles. The van der Waals surface area contributed by atoms with Crippen LogP contribution in [0.25, 0.3) is 0 Å². The zero-order valence-electron chi connectivity index (χ0n) is 13.8. The minimum Gasteiger partial charge on any atom is -0.365 e. The third-order valence-electron chi connectivity index (χ3n) is 4.62. The first-order chi connectivity index (χ1) is 11.8. The molecule has 2 aliphatic rings. The van der Waals surface area contributed by atoms with E-state index in [0.717, 1.165) is 4.57 Å².